The van der Waals surface area contributed by atoms with Gasteiger partial charge in [-0.3, -0.25) is 4.98 Å². The van der Waals surface area contributed by atoms with Crippen molar-refractivity contribution in [1.82, 2.24) is 4.98 Å². The summed E-state index contributed by atoms with van der Waals surface area (Å²) in [4.78, 5) is 5.60. The molecule has 0 unspecified atom stereocenters. The fourth-order valence-electron chi connectivity index (χ4n) is 1.84. The van der Waals surface area contributed by atoms with Crippen LogP contribution in [0.25, 0.3) is 20.7 Å². The molecule has 3 aromatic rings. The van der Waals surface area contributed by atoms with Gasteiger partial charge in [0.25, 0.3) is 0 Å². The summed E-state index contributed by atoms with van der Waals surface area (Å²) >= 11 is 1.77. The number of nitrogens with two attached hydrogens (primary N) is 1. The smallest absolute Gasteiger partial charge is 0.0805 e. The van der Waals surface area contributed by atoms with Crippen molar-refractivity contribution in [2.75, 3.05) is 0 Å². The molecule has 3 rings (SSSR count). The first-order valence-corrected chi connectivity index (χ1v) is 6.32. The predicted octanol–water partition coefficient (Wildman–Crippen LogP) is 3.42. The molecule has 0 spiro atoms. The van der Waals surface area contributed by atoms with Crippen molar-refractivity contribution in [2.24, 2.45) is 5.73 Å². The average Bonchev–Trinajstić information content (AvgIpc) is 2.82. The van der Waals surface area contributed by atoms with Gasteiger partial charge in [0.05, 0.1) is 10.6 Å². The van der Waals surface area contributed by atoms with Crippen LogP contribution < -0.4 is 5.73 Å². The van der Waals surface area contributed by atoms with Crippen molar-refractivity contribution in [1.29, 1.82) is 0 Å². The lowest BCUT2D eigenvalue weighted by Crippen LogP contribution is -1.96. The van der Waals surface area contributed by atoms with Gasteiger partial charge in [-0.1, -0.05) is 18.2 Å². The highest BCUT2D eigenvalue weighted by Gasteiger charge is 2.05. The molecule has 0 radical (unpaired) electrons. The van der Waals surface area contributed by atoms with E-state index >= 15 is 0 Å². The summed E-state index contributed by atoms with van der Waals surface area (Å²) in [5.74, 6) is 0. The lowest BCUT2D eigenvalue weighted by Gasteiger charge is -1.99. The molecule has 1 aromatic carbocycles. The van der Waals surface area contributed by atoms with E-state index in [4.69, 9.17) is 5.73 Å². The Kier molecular flexibility index (Phi) is 2.63. The van der Waals surface area contributed by atoms with E-state index in [0.29, 0.717) is 6.54 Å². The Balaban J connectivity index is 2.13. The average molecular weight is 240 g/mol. The van der Waals surface area contributed by atoms with E-state index < -0.39 is 0 Å². The van der Waals surface area contributed by atoms with Gasteiger partial charge < -0.3 is 5.73 Å². The van der Waals surface area contributed by atoms with Gasteiger partial charge in [-0.05, 0) is 35.2 Å². The maximum Gasteiger partial charge on any atom is 0.0805 e. The number of thiophene rings is 1. The minimum atomic E-state index is 0.556. The van der Waals surface area contributed by atoms with E-state index in [0.717, 1.165) is 11.3 Å². The summed E-state index contributed by atoms with van der Waals surface area (Å²) in [6.45, 7) is 0.556. The van der Waals surface area contributed by atoms with Crippen molar-refractivity contribution >= 4 is 21.4 Å². The highest BCUT2D eigenvalue weighted by Crippen LogP contribution is 2.32. The summed E-state index contributed by atoms with van der Waals surface area (Å²) < 4.78 is 1.29. The normalized spacial score (nSPS) is 10.9. The second kappa shape index (κ2) is 4.28. The van der Waals surface area contributed by atoms with Crippen molar-refractivity contribution < 1.29 is 0 Å². The molecule has 2 aromatic heterocycles. The van der Waals surface area contributed by atoms with Gasteiger partial charge in [0.1, 0.15) is 0 Å². The molecule has 0 aliphatic heterocycles. The van der Waals surface area contributed by atoms with Gasteiger partial charge >= 0.3 is 0 Å². The van der Waals surface area contributed by atoms with Crippen molar-refractivity contribution in [3.05, 3.63) is 54.2 Å². The minimum absolute atomic E-state index is 0.556. The Morgan fingerprint density at radius 2 is 2.00 bits per heavy atom. The zero-order valence-corrected chi connectivity index (χ0v) is 10.1. The summed E-state index contributed by atoms with van der Waals surface area (Å²) in [5, 5.41) is 1.27. The topological polar surface area (TPSA) is 38.9 Å². The Morgan fingerprint density at radius 1 is 1.12 bits per heavy atom. The molecule has 3 heteroatoms. The monoisotopic (exact) mass is 240 g/mol. The molecule has 0 saturated heterocycles. The third-order valence-electron chi connectivity index (χ3n) is 2.74. The van der Waals surface area contributed by atoms with E-state index in [1.165, 1.54) is 15.0 Å². The van der Waals surface area contributed by atoms with Crippen LogP contribution >= 0.6 is 11.3 Å². The summed E-state index contributed by atoms with van der Waals surface area (Å²) in [7, 11) is 0. The first kappa shape index (κ1) is 10.4. The number of aromatic nitrogens is 1. The molecule has 0 amide bonds. The molecule has 0 bridgehead atoms. The van der Waals surface area contributed by atoms with Gasteiger partial charge in [0.2, 0.25) is 0 Å². The zero-order valence-electron chi connectivity index (χ0n) is 9.26. The summed E-state index contributed by atoms with van der Waals surface area (Å²) in [6.07, 6.45) is 1.82. The quantitative estimate of drug-likeness (QED) is 0.745. The Bertz CT molecular complexity index is 625. The van der Waals surface area contributed by atoms with Crippen molar-refractivity contribution in [3.8, 4) is 10.6 Å². The number of benzene rings is 1. The lowest BCUT2D eigenvalue weighted by atomic mass is 10.2. The second-order valence-electron chi connectivity index (χ2n) is 3.90. The molecular weight excluding hydrogens is 228 g/mol. The molecule has 0 fully saturated rings. The van der Waals surface area contributed by atoms with Gasteiger partial charge in [0.15, 0.2) is 0 Å². The summed E-state index contributed by atoms with van der Waals surface area (Å²) in [6, 6.07) is 14.6. The lowest BCUT2D eigenvalue weighted by molar-refractivity contribution is 1.06. The Labute approximate surface area is 104 Å². The summed E-state index contributed by atoms with van der Waals surface area (Å²) in [5.41, 5.74) is 7.77. The molecule has 0 atom stereocenters. The number of fused-ring (bicyclic) bond motifs is 1. The molecule has 0 saturated carbocycles. The maximum absolute atomic E-state index is 5.65. The van der Waals surface area contributed by atoms with Crippen LogP contribution in [0.3, 0.4) is 0 Å². The molecule has 0 aliphatic carbocycles. The number of hydrogen-bond donors (Lipinski definition) is 1. The van der Waals surface area contributed by atoms with E-state index in [9.17, 15) is 0 Å². The van der Waals surface area contributed by atoms with E-state index in [1.807, 2.05) is 12.3 Å². The number of pyridine rings is 1. The van der Waals surface area contributed by atoms with Crippen LogP contribution in [0, 0.1) is 0 Å². The fraction of sp³-hybridized carbons (Fsp3) is 0.0714. The van der Waals surface area contributed by atoms with Gasteiger partial charge in [0, 0.05) is 17.4 Å². The zero-order chi connectivity index (χ0) is 11.7. The van der Waals surface area contributed by atoms with E-state index in [-0.39, 0.29) is 0 Å². The maximum atomic E-state index is 5.65. The second-order valence-corrected chi connectivity index (χ2v) is 4.99. The van der Waals surface area contributed by atoms with E-state index in [1.54, 1.807) is 11.3 Å². The highest BCUT2D eigenvalue weighted by atomic mass is 32.1. The minimum Gasteiger partial charge on any atom is -0.326 e. The third-order valence-corrected chi connectivity index (χ3v) is 3.88. The van der Waals surface area contributed by atoms with Crippen molar-refractivity contribution in [3.63, 3.8) is 0 Å². The van der Waals surface area contributed by atoms with Crippen LogP contribution in [0.4, 0.5) is 0 Å². The fourth-order valence-corrected chi connectivity index (χ4v) is 2.87. The molecule has 2 nitrogen and oxygen atoms in total. The van der Waals surface area contributed by atoms with Crippen LogP contribution in [0.15, 0.2) is 48.7 Å². The standard InChI is InChI=1S/C14H12N2S/c15-9-10-5-6-16-12(7-10)14-8-11-3-1-2-4-13(11)17-14/h1-8H,9,15H2. The molecule has 2 heterocycles. The number of hydrogen-bond acceptors (Lipinski definition) is 3. The van der Waals surface area contributed by atoms with E-state index in [2.05, 4.69) is 41.4 Å². The molecule has 84 valence electrons. The first-order valence-electron chi connectivity index (χ1n) is 5.51. The van der Waals surface area contributed by atoms with Crippen LogP contribution in [-0.2, 0) is 6.54 Å². The Hall–Kier alpha value is -1.71. The molecule has 17 heavy (non-hydrogen) atoms. The van der Waals surface area contributed by atoms with Crippen LogP contribution in [-0.4, -0.2) is 4.98 Å². The highest BCUT2D eigenvalue weighted by molar-refractivity contribution is 7.22. The van der Waals surface area contributed by atoms with Crippen LogP contribution in [0.1, 0.15) is 5.56 Å². The molecule has 2 N–H and O–H groups in total. The SMILES string of the molecule is NCc1ccnc(-c2cc3ccccc3s2)c1. The van der Waals surface area contributed by atoms with Crippen LogP contribution in [0.2, 0.25) is 0 Å². The Morgan fingerprint density at radius 3 is 2.82 bits per heavy atom. The first-order chi connectivity index (χ1) is 8.36. The van der Waals surface area contributed by atoms with Crippen LogP contribution in [0.5, 0.6) is 0 Å². The van der Waals surface area contributed by atoms with Gasteiger partial charge in [-0.25, -0.2) is 0 Å². The number of nitrogens with zero attached hydrogens (tertiary/aromatic N) is 1. The number of rotatable bonds is 2. The van der Waals surface area contributed by atoms with Gasteiger partial charge in [-0.15, -0.1) is 11.3 Å². The molecule has 0 aliphatic rings. The molecular formula is C14H12N2S. The van der Waals surface area contributed by atoms with Crippen molar-refractivity contribution in [2.45, 2.75) is 6.54 Å². The van der Waals surface area contributed by atoms with Gasteiger partial charge in [-0.2, -0.15) is 0 Å². The predicted molar refractivity (Wildman–Crippen MR) is 72.9 cm³/mol. The largest absolute Gasteiger partial charge is 0.326 e. The third kappa shape index (κ3) is 1.95.